The van der Waals surface area contributed by atoms with E-state index >= 15 is 0 Å². The van der Waals surface area contributed by atoms with E-state index in [0.29, 0.717) is 0 Å². The highest BCUT2D eigenvalue weighted by molar-refractivity contribution is 5.84. The highest BCUT2D eigenvalue weighted by Gasteiger charge is 2.34. The molecular weight excluding hydrogens is 264 g/mol. The molecule has 0 saturated carbocycles. The first-order valence-electron chi connectivity index (χ1n) is 8.02. The summed E-state index contributed by atoms with van der Waals surface area (Å²) in [5, 5.41) is 12.4. The first-order chi connectivity index (χ1) is 10.2. The average Bonchev–Trinajstić information content (AvgIpc) is 2.93. The van der Waals surface area contributed by atoms with Crippen LogP contribution in [-0.2, 0) is 18.3 Å². The fourth-order valence-electron chi connectivity index (χ4n) is 4.04. The summed E-state index contributed by atoms with van der Waals surface area (Å²) < 4.78 is 0. The van der Waals surface area contributed by atoms with Crippen molar-refractivity contribution in [2.45, 2.75) is 50.9 Å². The van der Waals surface area contributed by atoms with E-state index in [4.69, 9.17) is 0 Å². The van der Waals surface area contributed by atoms with Crippen LogP contribution >= 0.6 is 0 Å². The minimum Gasteiger partial charge on any atom is -0.316 e. The summed E-state index contributed by atoms with van der Waals surface area (Å²) in [5.41, 5.74) is 4.31. The van der Waals surface area contributed by atoms with Crippen LogP contribution in [0.4, 0.5) is 0 Å². The van der Waals surface area contributed by atoms with Gasteiger partial charge >= 0.3 is 0 Å². The Kier molecular flexibility index (Phi) is 2.92. The third kappa shape index (κ3) is 1.94. The lowest BCUT2D eigenvalue weighted by atomic mass is 9.77. The highest BCUT2D eigenvalue weighted by atomic mass is 16.1. The van der Waals surface area contributed by atoms with Crippen molar-refractivity contribution in [1.29, 1.82) is 0 Å². The average molecular weight is 286 g/mol. The third-order valence-corrected chi connectivity index (χ3v) is 5.22. The van der Waals surface area contributed by atoms with Crippen LogP contribution in [-0.4, -0.2) is 28.3 Å². The molecule has 3 heterocycles. The summed E-state index contributed by atoms with van der Waals surface area (Å²) in [7, 11) is 0. The monoisotopic (exact) mass is 286 g/mol. The second kappa shape index (κ2) is 4.70. The molecule has 3 N–H and O–H groups in total. The predicted octanol–water partition coefficient (Wildman–Crippen LogP) is 1.77. The lowest BCUT2D eigenvalue weighted by Gasteiger charge is -2.33. The molecule has 2 aromatic heterocycles. The Bertz CT molecular complexity index is 737. The summed E-state index contributed by atoms with van der Waals surface area (Å²) in [4.78, 5) is 15.2. The van der Waals surface area contributed by atoms with Crippen LogP contribution in [0.15, 0.2) is 4.79 Å². The molecule has 0 spiro atoms. The van der Waals surface area contributed by atoms with Gasteiger partial charge in [0.25, 0.3) is 5.56 Å². The van der Waals surface area contributed by atoms with Crippen LogP contribution < -0.4 is 10.9 Å². The van der Waals surface area contributed by atoms with Gasteiger partial charge in [-0.05, 0) is 50.6 Å². The third-order valence-electron chi connectivity index (χ3n) is 5.22. The summed E-state index contributed by atoms with van der Waals surface area (Å²) in [6.07, 6.45) is 6.52. The van der Waals surface area contributed by atoms with Crippen molar-refractivity contribution in [3.63, 3.8) is 0 Å². The molecule has 0 bridgehead atoms. The van der Waals surface area contributed by atoms with Gasteiger partial charge in [-0.1, -0.05) is 6.92 Å². The number of piperidine rings is 1. The van der Waals surface area contributed by atoms with E-state index in [9.17, 15) is 4.79 Å². The number of nitrogens with one attached hydrogen (secondary N) is 3. The van der Waals surface area contributed by atoms with E-state index in [-0.39, 0.29) is 11.0 Å². The number of H-pyrrole nitrogens is 2. The second-order valence-electron chi connectivity index (χ2n) is 6.78. The first-order valence-corrected chi connectivity index (χ1v) is 8.02. The summed E-state index contributed by atoms with van der Waals surface area (Å²) in [5.74, 6) is 0. The van der Waals surface area contributed by atoms with Crippen LogP contribution in [0.5, 0.6) is 0 Å². The molecule has 5 heteroatoms. The lowest BCUT2D eigenvalue weighted by Crippen LogP contribution is -2.41. The lowest BCUT2D eigenvalue weighted by molar-refractivity contribution is 0.333. The molecular formula is C16H22N4O. The maximum Gasteiger partial charge on any atom is 0.253 e. The number of aromatic nitrogens is 3. The standard InChI is InChI=1S/C16H22N4O/c1-16(7-4-8-17-9-16)13-12-10-5-2-3-6-11(10)15(21)18-14(12)20-19-13/h17H,2-9H2,1H3,(H2,18,19,20,21). The SMILES string of the molecule is CC1(c2n[nH]c3[nH]c(=O)c4c(c23)CCCC4)CCCNC1. The van der Waals surface area contributed by atoms with Crippen molar-refractivity contribution < 1.29 is 0 Å². The topological polar surface area (TPSA) is 73.6 Å². The number of rotatable bonds is 1. The van der Waals surface area contributed by atoms with Crippen molar-refractivity contribution >= 4 is 11.0 Å². The number of aryl methyl sites for hydroxylation is 1. The number of nitrogens with zero attached hydrogens (tertiary/aromatic N) is 1. The molecule has 1 saturated heterocycles. The zero-order valence-electron chi connectivity index (χ0n) is 12.5. The Morgan fingerprint density at radius 2 is 1.95 bits per heavy atom. The molecule has 1 aliphatic carbocycles. The van der Waals surface area contributed by atoms with Crippen molar-refractivity contribution in [3.05, 3.63) is 27.2 Å². The molecule has 2 aromatic rings. The fourth-order valence-corrected chi connectivity index (χ4v) is 4.04. The molecule has 21 heavy (non-hydrogen) atoms. The molecule has 4 rings (SSSR count). The van der Waals surface area contributed by atoms with Gasteiger partial charge < -0.3 is 10.3 Å². The Balaban J connectivity index is 1.97. The van der Waals surface area contributed by atoms with E-state index < -0.39 is 0 Å². The maximum absolute atomic E-state index is 12.2. The van der Waals surface area contributed by atoms with E-state index in [1.807, 2.05) is 0 Å². The van der Waals surface area contributed by atoms with Gasteiger partial charge in [-0.2, -0.15) is 5.10 Å². The minimum absolute atomic E-state index is 0.0555. The van der Waals surface area contributed by atoms with Gasteiger partial charge in [0.15, 0.2) is 0 Å². The summed E-state index contributed by atoms with van der Waals surface area (Å²) in [6.45, 7) is 4.34. The van der Waals surface area contributed by atoms with E-state index in [1.54, 1.807) is 0 Å². The van der Waals surface area contributed by atoms with Gasteiger partial charge in [0.1, 0.15) is 5.65 Å². The Hall–Kier alpha value is -1.62. The molecule has 1 fully saturated rings. The largest absolute Gasteiger partial charge is 0.316 e. The normalized spacial score (nSPS) is 26.0. The van der Waals surface area contributed by atoms with E-state index in [0.717, 1.165) is 55.7 Å². The molecule has 1 atom stereocenters. The maximum atomic E-state index is 12.2. The molecule has 1 aliphatic heterocycles. The van der Waals surface area contributed by atoms with Gasteiger partial charge in [0.05, 0.1) is 5.69 Å². The van der Waals surface area contributed by atoms with Crippen molar-refractivity contribution in [2.24, 2.45) is 0 Å². The van der Waals surface area contributed by atoms with Crippen molar-refractivity contribution in [1.82, 2.24) is 20.5 Å². The quantitative estimate of drug-likeness (QED) is 0.748. The number of aromatic amines is 2. The second-order valence-corrected chi connectivity index (χ2v) is 6.78. The van der Waals surface area contributed by atoms with Crippen LogP contribution in [0.25, 0.3) is 11.0 Å². The van der Waals surface area contributed by atoms with Gasteiger partial charge in [-0.15, -0.1) is 0 Å². The zero-order chi connectivity index (χ0) is 14.4. The molecule has 112 valence electrons. The molecule has 0 aromatic carbocycles. The molecule has 1 unspecified atom stereocenters. The summed E-state index contributed by atoms with van der Waals surface area (Å²) >= 11 is 0. The zero-order valence-corrected chi connectivity index (χ0v) is 12.5. The predicted molar refractivity (Wildman–Crippen MR) is 82.8 cm³/mol. The molecule has 0 amide bonds. The van der Waals surface area contributed by atoms with Crippen LogP contribution in [0.1, 0.15) is 49.4 Å². The number of fused-ring (bicyclic) bond motifs is 3. The molecule has 0 radical (unpaired) electrons. The van der Waals surface area contributed by atoms with E-state index in [1.165, 1.54) is 23.8 Å². The van der Waals surface area contributed by atoms with E-state index in [2.05, 4.69) is 27.4 Å². The van der Waals surface area contributed by atoms with Crippen molar-refractivity contribution in [2.75, 3.05) is 13.1 Å². The first kappa shape index (κ1) is 13.1. The Morgan fingerprint density at radius 1 is 1.14 bits per heavy atom. The Labute approximate surface area is 123 Å². The van der Waals surface area contributed by atoms with Crippen LogP contribution in [0.2, 0.25) is 0 Å². The van der Waals surface area contributed by atoms with Crippen molar-refractivity contribution in [3.8, 4) is 0 Å². The minimum atomic E-state index is 0.0555. The number of hydrogen-bond acceptors (Lipinski definition) is 3. The summed E-state index contributed by atoms with van der Waals surface area (Å²) in [6, 6.07) is 0. The highest BCUT2D eigenvalue weighted by Crippen LogP contribution is 2.36. The molecule has 2 aliphatic rings. The van der Waals surface area contributed by atoms with Gasteiger partial charge in [0.2, 0.25) is 0 Å². The van der Waals surface area contributed by atoms with Gasteiger partial charge in [-0.25, -0.2) is 0 Å². The molecule has 5 nitrogen and oxygen atoms in total. The number of pyridine rings is 1. The Morgan fingerprint density at radius 3 is 2.71 bits per heavy atom. The van der Waals surface area contributed by atoms with Gasteiger partial charge in [0, 0.05) is 22.9 Å². The smallest absolute Gasteiger partial charge is 0.253 e. The number of hydrogen-bond donors (Lipinski definition) is 3. The fraction of sp³-hybridized carbons (Fsp3) is 0.625. The van der Waals surface area contributed by atoms with Crippen LogP contribution in [0, 0.1) is 0 Å². The van der Waals surface area contributed by atoms with Gasteiger partial charge in [-0.3, -0.25) is 9.89 Å². The van der Waals surface area contributed by atoms with Crippen LogP contribution in [0.3, 0.4) is 0 Å².